The highest BCUT2D eigenvalue weighted by Crippen LogP contribution is 2.33. The molecule has 1 atom stereocenters. The molecule has 1 unspecified atom stereocenters. The lowest BCUT2D eigenvalue weighted by atomic mass is 10.0. The SMILES string of the molecule is Cc1cc(C(Br)c2ccc(F)c(F)c2)ccc1Br. The number of alkyl halides is 1. The van der Waals surface area contributed by atoms with E-state index in [1.54, 1.807) is 6.07 Å². The molecule has 0 nitrogen and oxygen atoms in total. The van der Waals surface area contributed by atoms with Crippen LogP contribution in [0.2, 0.25) is 0 Å². The van der Waals surface area contributed by atoms with Crippen LogP contribution in [0.15, 0.2) is 40.9 Å². The molecule has 4 heteroatoms. The molecule has 0 amide bonds. The van der Waals surface area contributed by atoms with E-state index in [0.717, 1.165) is 21.7 Å². The lowest BCUT2D eigenvalue weighted by Gasteiger charge is -2.12. The Bertz CT molecular complexity index is 531. The Labute approximate surface area is 121 Å². The lowest BCUT2D eigenvalue weighted by Crippen LogP contribution is -1.96. The van der Waals surface area contributed by atoms with Crippen molar-refractivity contribution in [3.05, 3.63) is 69.2 Å². The molecule has 0 aromatic heterocycles. The maximum atomic E-state index is 13.2. The molecule has 0 saturated heterocycles. The minimum atomic E-state index is -0.828. The highest BCUT2D eigenvalue weighted by atomic mass is 79.9. The van der Waals surface area contributed by atoms with E-state index in [1.165, 1.54) is 6.07 Å². The Kier molecular flexibility index (Phi) is 4.17. The van der Waals surface area contributed by atoms with Crippen LogP contribution in [0.3, 0.4) is 0 Å². The number of aryl methyl sites for hydroxylation is 1. The van der Waals surface area contributed by atoms with Crippen LogP contribution >= 0.6 is 31.9 Å². The molecule has 0 fully saturated rings. The predicted octanol–water partition coefficient (Wildman–Crippen LogP) is 5.52. The van der Waals surface area contributed by atoms with Crippen molar-refractivity contribution < 1.29 is 8.78 Å². The summed E-state index contributed by atoms with van der Waals surface area (Å²) >= 11 is 6.94. The summed E-state index contributed by atoms with van der Waals surface area (Å²) in [5.41, 5.74) is 2.79. The van der Waals surface area contributed by atoms with E-state index in [0.29, 0.717) is 5.56 Å². The van der Waals surface area contributed by atoms with Gasteiger partial charge < -0.3 is 0 Å². The number of halogens is 4. The third-order valence-corrected chi connectivity index (χ3v) is 4.66. The first-order chi connectivity index (χ1) is 8.49. The van der Waals surface area contributed by atoms with E-state index in [4.69, 9.17) is 0 Å². The smallest absolute Gasteiger partial charge is 0.159 e. The van der Waals surface area contributed by atoms with Gasteiger partial charge in [-0.05, 0) is 41.8 Å². The van der Waals surface area contributed by atoms with E-state index in [-0.39, 0.29) is 4.83 Å². The van der Waals surface area contributed by atoms with Gasteiger partial charge in [-0.25, -0.2) is 8.78 Å². The van der Waals surface area contributed by atoms with Gasteiger partial charge in [-0.2, -0.15) is 0 Å². The fourth-order valence-electron chi connectivity index (χ4n) is 1.69. The van der Waals surface area contributed by atoms with E-state index in [2.05, 4.69) is 31.9 Å². The Morgan fingerprint density at radius 1 is 0.944 bits per heavy atom. The van der Waals surface area contributed by atoms with Crippen molar-refractivity contribution in [2.24, 2.45) is 0 Å². The molecular weight excluding hydrogens is 366 g/mol. The molecule has 0 bridgehead atoms. The molecule has 0 spiro atoms. The molecule has 0 heterocycles. The van der Waals surface area contributed by atoms with Gasteiger partial charge in [0.15, 0.2) is 11.6 Å². The summed E-state index contributed by atoms with van der Waals surface area (Å²) in [4.78, 5) is -0.153. The molecule has 2 aromatic rings. The van der Waals surface area contributed by atoms with Crippen molar-refractivity contribution in [1.29, 1.82) is 0 Å². The summed E-state index contributed by atoms with van der Waals surface area (Å²) in [6.07, 6.45) is 0. The van der Waals surface area contributed by atoms with Crippen LogP contribution in [0.4, 0.5) is 8.78 Å². The van der Waals surface area contributed by atoms with Crippen LogP contribution < -0.4 is 0 Å². The highest BCUT2D eigenvalue weighted by Gasteiger charge is 2.13. The van der Waals surface area contributed by atoms with Crippen molar-refractivity contribution in [3.8, 4) is 0 Å². The summed E-state index contributed by atoms with van der Waals surface area (Å²) in [5, 5.41) is 0. The standard InChI is InChI=1S/C14H10Br2F2/c1-8-6-9(2-4-11(8)15)14(16)10-3-5-12(17)13(18)7-10/h2-7,14H,1H3. The summed E-state index contributed by atoms with van der Waals surface area (Å²) in [6, 6.07) is 9.83. The lowest BCUT2D eigenvalue weighted by molar-refractivity contribution is 0.507. The largest absolute Gasteiger partial charge is 0.204 e. The van der Waals surface area contributed by atoms with Gasteiger partial charge in [0.1, 0.15) is 0 Å². The zero-order chi connectivity index (χ0) is 13.3. The second kappa shape index (κ2) is 5.49. The quantitative estimate of drug-likeness (QED) is 0.606. The van der Waals surface area contributed by atoms with Gasteiger partial charge in [0.25, 0.3) is 0 Å². The first-order valence-electron chi connectivity index (χ1n) is 5.34. The topological polar surface area (TPSA) is 0 Å². The molecule has 0 N–H and O–H groups in total. The summed E-state index contributed by atoms with van der Waals surface area (Å²) in [6.45, 7) is 1.98. The van der Waals surface area contributed by atoms with Crippen LogP contribution in [-0.2, 0) is 0 Å². The molecule has 0 aliphatic rings. The highest BCUT2D eigenvalue weighted by molar-refractivity contribution is 9.10. The van der Waals surface area contributed by atoms with Crippen molar-refractivity contribution in [2.45, 2.75) is 11.8 Å². The molecule has 2 aromatic carbocycles. The maximum absolute atomic E-state index is 13.2. The summed E-state index contributed by atoms with van der Waals surface area (Å²) in [7, 11) is 0. The van der Waals surface area contributed by atoms with Crippen molar-refractivity contribution in [2.75, 3.05) is 0 Å². The molecule has 0 aliphatic carbocycles. The van der Waals surface area contributed by atoms with E-state index in [1.807, 2.05) is 25.1 Å². The van der Waals surface area contributed by atoms with Gasteiger partial charge in [0, 0.05) is 4.47 Å². The van der Waals surface area contributed by atoms with Crippen molar-refractivity contribution >= 4 is 31.9 Å². The van der Waals surface area contributed by atoms with Gasteiger partial charge in [-0.3, -0.25) is 0 Å². The van der Waals surface area contributed by atoms with Crippen LogP contribution in [0.25, 0.3) is 0 Å². The monoisotopic (exact) mass is 374 g/mol. The number of benzene rings is 2. The Morgan fingerprint density at radius 3 is 2.17 bits per heavy atom. The molecule has 18 heavy (non-hydrogen) atoms. The van der Waals surface area contributed by atoms with Gasteiger partial charge in [0.2, 0.25) is 0 Å². The fourth-order valence-corrected chi connectivity index (χ4v) is 2.50. The van der Waals surface area contributed by atoms with Crippen LogP contribution in [0, 0.1) is 18.6 Å². The van der Waals surface area contributed by atoms with Crippen LogP contribution in [-0.4, -0.2) is 0 Å². The zero-order valence-corrected chi connectivity index (χ0v) is 12.7. The third kappa shape index (κ3) is 2.81. The van der Waals surface area contributed by atoms with Crippen LogP contribution in [0.1, 0.15) is 21.5 Å². The summed E-state index contributed by atoms with van der Waals surface area (Å²) in [5.74, 6) is -1.66. The molecule has 94 valence electrons. The predicted molar refractivity (Wildman–Crippen MR) is 76.0 cm³/mol. The first-order valence-corrected chi connectivity index (χ1v) is 7.05. The van der Waals surface area contributed by atoms with Gasteiger partial charge in [-0.1, -0.05) is 50.1 Å². The normalized spacial score (nSPS) is 12.5. The molecule has 2 rings (SSSR count). The zero-order valence-electron chi connectivity index (χ0n) is 9.55. The number of hydrogen-bond acceptors (Lipinski definition) is 0. The maximum Gasteiger partial charge on any atom is 0.159 e. The van der Waals surface area contributed by atoms with Gasteiger partial charge in [-0.15, -0.1) is 0 Å². The summed E-state index contributed by atoms with van der Waals surface area (Å²) < 4.78 is 27.1. The van der Waals surface area contributed by atoms with Gasteiger partial charge >= 0.3 is 0 Å². The van der Waals surface area contributed by atoms with Gasteiger partial charge in [0.05, 0.1) is 4.83 Å². The molecule has 0 radical (unpaired) electrons. The molecule has 0 saturated carbocycles. The fraction of sp³-hybridized carbons (Fsp3) is 0.143. The minimum Gasteiger partial charge on any atom is -0.204 e. The van der Waals surface area contributed by atoms with Crippen molar-refractivity contribution in [3.63, 3.8) is 0 Å². The van der Waals surface area contributed by atoms with E-state index < -0.39 is 11.6 Å². The second-order valence-corrected chi connectivity index (χ2v) is 5.81. The second-order valence-electron chi connectivity index (χ2n) is 4.04. The average Bonchev–Trinajstić information content (AvgIpc) is 2.35. The van der Waals surface area contributed by atoms with E-state index >= 15 is 0 Å². The minimum absolute atomic E-state index is 0.153. The average molecular weight is 376 g/mol. The Morgan fingerprint density at radius 2 is 1.56 bits per heavy atom. The number of hydrogen-bond donors (Lipinski definition) is 0. The van der Waals surface area contributed by atoms with Crippen LogP contribution in [0.5, 0.6) is 0 Å². The Hall–Kier alpha value is -0.740. The molecular formula is C14H10Br2F2. The first kappa shape index (κ1) is 13.7. The number of rotatable bonds is 2. The molecule has 0 aliphatic heterocycles. The van der Waals surface area contributed by atoms with Crippen molar-refractivity contribution in [1.82, 2.24) is 0 Å². The van der Waals surface area contributed by atoms with E-state index in [9.17, 15) is 8.78 Å². The third-order valence-electron chi connectivity index (χ3n) is 2.71. The Balaban J connectivity index is 2.37.